The van der Waals surface area contributed by atoms with Crippen LogP contribution >= 0.6 is 0 Å². The van der Waals surface area contributed by atoms with Crippen molar-refractivity contribution >= 4 is 17.8 Å². The molecule has 2 amide bonds. The number of nitrogens with one attached hydrogen (secondary N) is 1. The van der Waals surface area contributed by atoms with E-state index in [1.54, 1.807) is 0 Å². The zero-order valence-corrected chi connectivity index (χ0v) is 17.1. The highest BCUT2D eigenvalue weighted by atomic mass is 16.4. The van der Waals surface area contributed by atoms with Crippen molar-refractivity contribution in [3.05, 3.63) is 35.4 Å². The maximum atomic E-state index is 12.6. The largest absolute Gasteiger partial charge is 0.481 e. The lowest BCUT2D eigenvalue weighted by Gasteiger charge is -2.27. The number of rotatable bonds is 10. The number of carboxylic acids is 1. The van der Waals surface area contributed by atoms with Crippen LogP contribution < -0.4 is 5.32 Å². The normalized spacial score (nSPS) is 18.8. The fraction of sp³-hybridized carbons (Fsp3) is 0.591. The molecule has 1 aromatic rings. The van der Waals surface area contributed by atoms with Crippen LogP contribution in [0.5, 0.6) is 0 Å². The number of nitrogens with zero attached hydrogens (tertiary/aromatic N) is 1. The second-order valence-corrected chi connectivity index (χ2v) is 7.70. The molecule has 6 nitrogen and oxygen atoms in total. The molecule has 1 aromatic carbocycles. The number of hydrogen-bond donors (Lipinski definition) is 2. The van der Waals surface area contributed by atoms with Crippen molar-refractivity contribution in [3.8, 4) is 0 Å². The van der Waals surface area contributed by atoms with Crippen molar-refractivity contribution in [1.82, 2.24) is 10.2 Å². The number of aryl methyl sites for hydroxylation is 1. The van der Waals surface area contributed by atoms with Crippen LogP contribution in [0.1, 0.15) is 64.0 Å². The minimum absolute atomic E-state index is 0.0766. The lowest BCUT2D eigenvalue weighted by Crippen LogP contribution is -2.43. The first-order chi connectivity index (χ1) is 13.3. The van der Waals surface area contributed by atoms with E-state index in [4.69, 9.17) is 5.11 Å². The first kappa shape index (κ1) is 21.9. The van der Waals surface area contributed by atoms with Gasteiger partial charge in [0.05, 0.1) is 6.42 Å². The van der Waals surface area contributed by atoms with Gasteiger partial charge in [-0.25, -0.2) is 0 Å². The Morgan fingerprint density at radius 1 is 1.25 bits per heavy atom. The van der Waals surface area contributed by atoms with Gasteiger partial charge in [0.2, 0.25) is 11.8 Å². The van der Waals surface area contributed by atoms with Crippen LogP contribution in [-0.2, 0) is 27.3 Å². The Morgan fingerprint density at radius 2 is 1.93 bits per heavy atom. The van der Waals surface area contributed by atoms with Crippen LogP contribution in [0.3, 0.4) is 0 Å². The molecular formula is C22H32N2O4. The minimum atomic E-state index is -0.917. The van der Waals surface area contributed by atoms with Crippen molar-refractivity contribution < 1.29 is 19.5 Å². The summed E-state index contributed by atoms with van der Waals surface area (Å²) in [4.78, 5) is 37.9. The molecule has 6 heteroatoms. The number of aliphatic carboxylic acids is 1. The summed E-state index contributed by atoms with van der Waals surface area (Å²) in [5.41, 5.74) is 2.33. The van der Waals surface area contributed by atoms with Crippen molar-refractivity contribution in [2.75, 3.05) is 0 Å². The van der Waals surface area contributed by atoms with Gasteiger partial charge >= 0.3 is 5.97 Å². The van der Waals surface area contributed by atoms with E-state index in [0.717, 1.165) is 18.4 Å². The summed E-state index contributed by atoms with van der Waals surface area (Å²) in [7, 11) is 0. The van der Waals surface area contributed by atoms with Crippen molar-refractivity contribution in [3.63, 3.8) is 0 Å². The number of benzene rings is 1. The first-order valence-electron chi connectivity index (χ1n) is 10.2. The molecule has 154 valence electrons. The molecule has 1 aliphatic heterocycles. The highest BCUT2D eigenvalue weighted by molar-refractivity contribution is 5.82. The van der Waals surface area contributed by atoms with E-state index in [1.807, 2.05) is 36.9 Å². The monoisotopic (exact) mass is 388 g/mol. The zero-order valence-electron chi connectivity index (χ0n) is 17.1. The van der Waals surface area contributed by atoms with Crippen LogP contribution in [0.25, 0.3) is 0 Å². The molecule has 0 aromatic heterocycles. The summed E-state index contributed by atoms with van der Waals surface area (Å²) in [6.45, 7) is 6.53. The predicted molar refractivity (Wildman–Crippen MR) is 108 cm³/mol. The Bertz CT molecular complexity index is 704. The quantitative estimate of drug-likeness (QED) is 0.645. The Morgan fingerprint density at radius 3 is 2.54 bits per heavy atom. The van der Waals surface area contributed by atoms with Gasteiger partial charge in [-0.1, -0.05) is 51.5 Å². The number of carbonyl (C=O) groups excluding carboxylic acids is 2. The Labute approximate surface area is 167 Å². The fourth-order valence-corrected chi connectivity index (χ4v) is 3.81. The Hall–Kier alpha value is -2.37. The molecule has 2 N–H and O–H groups in total. The van der Waals surface area contributed by atoms with Gasteiger partial charge in [-0.05, 0) is 29.9 Å². The Balaban J connectivity index is 2.03. The molecule has 1 aliphatic rings. The van der Waals surface area contributed by atoms with Crippen molar-refractivity contribution in [1.29, 1.82) is 0 Å². The number of carbonyl (C=O) groups is 3. The molecule has 2 rings (SSSR count). The molecule has 3 atom stereocenters. The maximum Gasteiger partial charge on any atom is 0.305 e. The van der Waals surface area contributed by atoms with Crippen molar-refractivity contribution in [2.24, 2.45) is 5.92 Å². The molecular weight excluding hydrogens is 356 g/mol. The van der Waals surface area contributed by atoms with E-state index in [0.29, 0.717) is 19.4 Å². The van der Waals surface area contributed by atoms with E-state index in [9.17, 15) is 14.4 Å². The number of hydrogen-bond acceptors (Lipinski definition) is 3. The highest BCUT2D eigenvalue weighted by Gasteiger charge is 2.33. The third-order valence-electron chi connectivity index (χ3n) is 5.79. The molecule has 0 aliphatic carbocycles. The molecule has 28 heavy (non-hydrogen) atoms. The summed E-state index contributed by atoms with van der Waals surface area (Å²) < 4.78 is 0. The predicted octanol–water partition coefficient (Wildman–Crippen LogP) is 3.14. The third kappa shape index (κ3) is 5.81. The Kier molecular flexibility index (Phi) is 8.03. The summed E-state index contributed by atoms with van der Waals surface area (Å²) >= 11 is 0. The topological polar surface area (TPSA) is 86.7 Å². The molecule has 0 bridgehead atoms. The summed E-state index contributed by atoms with van der Waals surface area (Å²) in [6, 6.07) is 7.55. The van der Waals surface area contributed by atoms with Crippen LogP contribution in [-0.4, -0.2) is 39.9 Å². The maximum absolute atomic E-state index is 12.6. The van der Waals surface area contributed by atoms with Gasteiger partial charge in [-0.2, -0.15) is 0 Å². The summed E-state index contributed by atoms with van der Waals surface area (Å²) in [5, 5.41) is 12.0. The van der Waals surface area contributed by atoms with Gasteiger partial charge in [-0.3, -0.25) is 14.4 Å². The zero-order chi connectivity index (χ0) is 20.7. The minimum Gasteiger partial charge on any atom is -0.481 e. The second-order valence-electron chi connectivity index (χ2n) is 7.70. The van der Waals surface area contributed by atoms with Crippen LogP contribution in [0.4, 0.5) is 0 Å². The van der Waals surface area contributed by atoms with Crippen LogP contribution in [0.2, 0.25) is 0 Å². The third-order valence-corrected chi connectivity index (χ3v) is 5.79. The van der Waals surface area contributed by atoms with Gasteiger partial charge in [0.15, 0.2) is 0 Å². The molecule has 0 saturated carbocycles. The van der Waals surface area contributed by atoms with E-state index in [2.05, 4.69) is 18.3 Å². The van der Waals surface area contributed by atoms with Gasteiger partial charge < -0.3 is 15.3 Å². The SMILES string of the molecule is CCc1ccccc1CN1C(=O)CCC1CC(=O)N[C@H](CC(=O)O)[C@H](C)CC. The molecule has 1 unspecified atom stereocenters. The standard InChI is InChI=1S/C22H32N2O4/c1-4-15(3)19(13-22(27)28)23-20(25)12-18-10-11-21(26)24(18)14-17-9-7-6-8-16(17)5-2/h6-9,15,18-19H,4-5,10-14H2,1-3H3,(H,23,25)(H,27,28)/t15-,18?,19-/m1/s1. The first-order valence-corrected chi connectivity index (χ1v) is 10.2. The van der Waals surface area contributed by atoms with E-state index < -0.39 is 5.97 Å². The van der Waals surface area contributed by atoms with Gasteiger partial charge in [0.1, 0.15) is 0 Å². The second kappa shape index (κ2) is 10.2. The average molecular weight is 389 g/mol. The summed E-state index contributed by atoms with van der Waals surface area (Å²) in [5.74, 6) is -0.940. The van der Waals surface area contributed by atoms with Crippen molar-refractivity contribution in [2.45, 2.75) is 77.9 Å². The van der Waals surface area contributed by atoms with E-state index in [-0.39, 0.29) is 42.7 Å². The smallest absolute Gasteiger partial charge is 0.305 e. The number of likely N-dealkylation sites (tertiary alicyclic amines) is 1. The lowest BCUT2D eigenvalue weighted by atomic mass is 9.96. The average Bonchev–Trinajstić information content (AvgIpc) is 3.00. The summed E-state index contributed by atoms with van der Waals surface area (Å²) in [6.07, 6.45) is 2.93. The van der Waals surface area contributed by atoms with E-state index in [1.165, 1.54) is 5.56 Å². The molecule has 1 heterocycles. The van der Waals surface area contributed by atoms with E-state index >= 15 is 0 Å². The number of amides is 2. The van der Waals surface area contributed by atoms with Gasteiger partial charge in [-0.15, -0.1) is 0 Å². The van der Waals surface area contributed by atoms with Crippen LogP contribution in [0.15, 0.2) is 24.3 Å². The molecule has 1 saturated heterocycles. The van der Waals surface area contributed by atoms with Crippen LogP contribution in [0, 0.1) is 5.92 Å². The van der Waals surface area contributed by atoms with Gasteiger partial charge in [0, 0.05) is 31.5 Å². The highest BCUT2D eigenvalue weighted by Crippen LogP contribution is 2.25. The lowest BCUT2D eigenvalue weighted by molar-refractivity contribution is -0.138. The fourth-order valence-electron chi connectivity index (χ4n) is 3.81. The molecule has 0 spiro atoms. The molecule has 1 fully saturated rings. The number of carboxylic acid groups (broad SMARTS) is 1. The van der Waals surface area contributed by atoms with Gasteiger partial charge in [0.25, 0.3) is 0 Å². The molecule has 0 radical (unpaired) electrons.